The Kier molecular flexibility index (Phi) is 7.52. The average molecular weight is 343 g/mol. The molecule has 2 aliphatic heterocycles. The third-order valence-corrected chi connectivity index (χ3v) is 4.71. The van der Waals surface area contributed by atoms with E-state index in [9.17, 15) is 13.2 Å². The molecular formula is C18H28F3N3. The topological polar surface area (TPSA) is 41.3 Å². The lowest BCUT2D eigenvalue weighted by molar-refractivity contribution is -0.137. The van der Waals surface area contributed by atoms with Crippen molar-refractivity contribution in [2.75, 3.05) is 26.2 Å². The van der Waals surface area contributed by atoms with E-state index in [2.05, 4.69) is 10.2 Å². The van der Waals surface area contributed by atoms with Crippen LogP contribution in [0.5, 0.6) is 0 Å². The van der Waals surface area contributed by atoms with Crippen LogP contribution >= 0.6 is 0 Å². The van der Waals surface area contributed by atoms with Crippen LogP contribution in [-0.2, 0) is 12.7 Å². The minimum atomic E-state index is -4.27. The van der Waals surface area contributed by atoms with Gasteiger partial charge in [0.15, 0.2) is 0 Å². The number of nitrogens with two attached hydrogens (primary N) is 1. The molecule has 2 heterocycles. The summed E-state index contributed by atoms with van der Waals surface area (Å²) >= 11 is 0. The second-order valence-electron chi connectivity index (χ2n) is 6.48. The summed E-state index contributed by atoms with van der Waals surface area (Å²) in [7, 11) is 0. The fourth-order valence-corrected chi connectivity index (χ4v) is 3.33. The molecule has 0 unspecified atom stereocenters. The van der Waals surface area contributed by atoms with Crippen molar-refractivity contribution in [2.24, 2.45) is 5.73 Å². The average Bonchev–Trinajstić information content (AvgIpc) is 2.63. The molecule has 0 aromatic heterocycles. The van der Waals surface area contributed by atoms with Gasteiger partial charge >= 0.3 is 6.18 Å². The van der Waals surface area contributed by atoms with Gasteiger partial charge in [-0.3, -0.25) is 0 Å². The van der Waals surface area contributed by atoms with Crippen molar-refractivity contribution in [1.29, 1.82) is 0 Å². The van der Waals surface area contributed by atoms with Crippen LogP contribution in [0.1, 0.15) is 43.2 Å². The first-order chi connectivity index (χ1) is 11.5. The van der Waals surface area contributed by atoms with Gasteiger partial charge in [-0.15, -0.1) is 0 Å². The zero-order chi connectivity index (χ0) is 17.4. The zero-order valence-corrected chi connectivity index (χ0v) is 14.1. The molecule has 0 spiro atoms. The van der Waals surface area contributed by atoms with Crippen molar-refractivity contribution in [3.63, 3.8) is 0 Å². The van der Waals surface area contributed by atoms with E-state index in [1.54, 1.807) is 6.07 Å². The number of nitrogens with zero attached hydrogens (tertiary/aromatic N) is 1. The van der Waals surface area contributed by atoms with Crippen LogP contribution in [0.15, 0.2) is 24.3 Å². The summed E-state index contributed by atoms with van der Waals surface area (Å²) in [5.74, 6) is 0. The maximum Gasteiger partial charge on any atom is 0.416 e. The van der Waals surface area contributed by atoms with Crippen LogP contribution in [-0.4, -0.2) is 37.1 Å². The van der Waals surface area contributed by atoms with E-state index in [0.29, 0.717) is 5.56 Å². The molecule has 3 N–H and O–H groups in total. The maximum absolute atomic E-state index is 12.1. The predicted octanol–water partition coefficient (Wildman–Crippen LogP) is 3.39. The first-order valence-corrected chi connectivity index (χ1v) is 8.81. The largest absolute Gasteiger partial charge is 0.416 e. The van der Waals surface area contributed by atoms with Crippen molar-refractivity contribution in [3.8, 4) is 0 Å². The lowest BCUT2D eigenvalue weighted by atomic mass is 10.0. The van der Waals surface area contributed by atoms with Crippen LogP contribution in [0.4, 0.5) is 13.2 Å². The van der Waals surface area contributed by atoms with Gasteiger partial charge < -0.3 is 16.0 Å². The van der Waals surface area contributed by atoms with Gasteiger partial charge in [0.05, 0.1) is 5.56 Å². The highest BCUT2D eigenvalue weighted by Crippen LogP contribution is 2.29. The van der Waals surface area contributed by atoms with Crippen LogP contribution in [0.25, 0.3) is 0 Å². The number of piperidine rings is 2. The summed E-state index contributed by atoms with van der Waals surface area (Å²) in [5, 5.41) is 3.43. The Morgan fingerprint density at radius 2 is 1.75 bits per heavy atom. The molecule has 2 fully saturated rings. The van der Waals surface area contributed by atoms with E-state index < -0.39 is 11.7 Å². The second kappa shape index (κ2) is 9.39. The van der Waals surface area contributed by atoms with E-state index in [1.165, 1.54) is 64.3 Å². The molecule has 0 aliphatic carbocycles. The van der Waals surface area contributed by atoms with Crippen LogP contribution < -0.4 is 11.1 Å². The van der Waals surface area contributed by atoms with Gasteiger partial charge in [-0.2, -0.15) is 13.2 Å². The van der Waals surface area contributed by atoms with E-state index >= 15 is 0 Å². The van der Waals surface area contributed by atoms with E-state index in [4.69, 9.17) is 5.73 Å². The maximum atomic E-state index is 12.1. The molecule has 2 aliphatic rings. The summed E-state index contributed by atoms with van der Waals surface area (Å²) in [6, 6.07) is 5.91. The van der Waals surface area contributed by atoms with Crippen molar-refractivity contribution < 1.29 is 13.2 Å². The molecular weight excluding hydrogens is 315 g/mol. The quantitative estimate of drug-likeness (QED) is 0.865. The SMILES string of the molecule is C1CCN(C2CCNCC2)CC1.NCc1cccc(C(F)(F)F)c1. The first kappa shape index (κ1) is 19.2. The Balaban J connectivity index is 0.000000174. The normalized spacial score (nSPS) is 20.3. The Morgan fingerprint density at radius 3 is 2.33 bits per heavy atom. The minimum absolute atomic E-state index is 0.129. The van der Waals surface area contributed by atoms with Gasteiger partial charge in [0.1, 0.15) is 0 Å². The molecule has 3 rings (SSSR count). The Labute approximate surface area is 142 Å². The summed E-state index contributed by atoms with van der Waals surface area (Å²) < 4.78 is 36.2. The summed E-state index contributed by atoms with van der Waals surface area (Å²) in [5.41, 5.74) is 5.04. The van der Waals surface area contributed by atoms with Crippen LogP contribution in [0, 0.1) is 0 Å². The van der Waals surface area contributed by atoms with E-state index in [-0.39, 0.29) is 6.54 Å². The monoisotopic (exact) mass is 343 g/mol. The third kappa shape index (κ3) is 6.07. The van der Waals surface area contributed by atoms with Crippen LogP contribution in [0.2, 0.25) is 0 Å². The standard InChI is InChI=1S/C10H20N2.C8H8F3N/c1-2-8-12(9-3-1)10-4-6-11-7-5-10;9-8(10,11)7-3-1-2-6(4-7)5-12/h10-11H,1-9H2;1-4H,5,12H2. The predicted molar refractivity (Wildman–Crippen MR) is 90.7 cm³/mol. The Morgan fingerprint density at radius 1 is 1.08 bits per heavy atom. The number of nitrogens with one attached hydrogen (secondary N) is 1. The molecule has 2 saturated heterocycles. The Bertz CT molecular complexity index is 463. The number of hydrogen-bond donors (Lipinski definition) is 2. The molecule has 24 heavy (non-hydrogen) atoms. The molecule has 0 bridgehead atoms. The Hall–Kier alpha value is -1.11. The van der Waals surface area contributed by atoms with E-state index in [0.717, 1.165) is 18.2 Å². The van der Waals surface area contributed by atoms with E-state index in [1.807, 2.05) is 0 Å². The highest BCUT2D eigenvalue weighted by Gasteiger charge is 2.30. The van der Waals surface area contributed by atoms with Gasteiger partial charge in [-0.1, -0.05) is 24.6 Å². The van der Waals surface area contributed by atoms with Gasteiger partial charge in [0.25, 0.3) is 0 Å². The molecule has 1 aromatic rings. The lowest BCUT2D eigenvalue weighted by Crippen LogP contribution is -2.45. The fourth-order valence-electron chi connectivity index (χ4n) is 3.33. The smallest absolute Gasteiger partial charge is 0.326 e. The first-order valence-electron chi connectivity index (χ1n) is 8.81. The third-order valence-electron chi connectivity index (χ3n) is 4.71. The second-order valence-corrected chi connectivity index (χ2v) is 6.48. The number of likely N-dealkylation sites (tertiary alicyclic amines) is 1. The summed E-state index contributed by atoms with van der Waals surface area (Å²) in [4.78, 5) is 2.71. The van der Waals surface area contributed by atoms with Gasteiger partial charge in [0.2, 0.25) is 0 Å². The van der Waals surface area contributed by atoms with Gasteiger partial charge in [-0.05, 0) is 63.5 Å². The zero-order valence-electron chi connectivity index (χ0n) is 14.1. The van der Waals surface area contributed by atoms with Crippen LogP contribution in [0.3, 0.4) is 0 Å². The molecule has 6 heteroatoms. The van der Waals surface area contributed by atoms with Gasteiger partial charge in [-0.25, -0.2) is 0 Å². The number of halogens is 3. The molecule has 3 nitrogen and oxygen atoms in total. The van der Waals surface area contributed by atoms with Gasteiger partial charge in [0, 0.05) is 12.6 Å². The highest BCUT2D eigenvalue weighted by atomic mass is 19.4. The molecule has 0 amide bonds. The molecule has 1 aromatic carbocycles. The van der Waals surface area contributed by atoms with Crippen molar-refractivity contribution in [2.45, 2.75) is 50.9 Å². The number of benzene rings is 1. The lowest BCUT2D eigenvalue weighted by Gasteiger charge is -2.36. The molecule has 0 saturated carbocycles. The number of alkyl halides is 3. The fraction of sp³-hybridized carbons (Fsp3) is 0.667. The van der Waals surface area contributed by atoms with Crippen molar-refractivity contribution in [3.05, 3.63) is 35.4 Å². The summed E-state index contributed by atoms with van der Waals surface area (Å²) in [6.07, 6.45) is 2.81. The van der Waals surface area contributed by atoms with Crippen molar-refractivity contribution >= 4 is 0 Å². The molecule has 0 radical (unpaired) electrons. The summed E-state index contributed by atoms with van der Waals surface area (Å²) in [6.45, 7) is 5.33. The van der Waals surface area contributed by atoms with Crippen molar-refractivity contribution in [1.82, 2.24) is 10.2 Å². The minimum Gasteiger partial charge on any atom is -0.326 e. The highest BCUT2D eigenvalue weighted by molar-refractivity contribution is 5.25. The number of hydrogen-bond acceptors (Lipinski definition) is 3. The number of rotatable bonds is 2. The molecule has 0 atom stereocenters. The molecule has 136 valence electrons.